The van der Waals surface area contributed by atoms with Crippen LogP contribution in [0.4, 0.5) is 9.52 Å². The second-order valence-electron chi connectivity index (χ2n) is 5.03. The Morgan fingerprint density at radius 1 is 1.32 bits per heavy atom. The highest BCUT2D eigenvalue weighted by Crippen LogP contribution is 2.28. The summed E-state index contributed by atoms with van der Waals surface area (Å²) in [6.07, 6.45) is 0. The van der Waals surface area contributed by atoms with E-state index >= 15 is 0 Å². The number of rotatable bonds is 4. The van der Waals surface area contributed by atoms with Crippen molar-refractivity contribution < 1.29 is 13.9 Å². The third kappa shape index (κ3) is 3.65. The van der Waals surface area contributed by atoms with Crippen molar-refractivity contribution in [1.29, 1.82) is 5.26 Å². The van der Waals surface area contributed by atoms with Gasteiger partial charge in [0.25, 0.3) is 5.91 Å². The molecule has 0 fully saturated rings. The van der Waals surface area contributed by atoms with E-state index in [1.165, 1.54) is 36.6 Å². The zero-order valence-electron chi connectivity index (χ0n) is 13.1. The van der Waals surface area contributed by atoms with Crippen LogP contribution >= 0.6 is 11.3 Å². The molecule has 5 nitrogen and oxygen atoms in total. The minimum atomic E-state index is -0.480. The molecule has 7 heteroatoms. The van der Waals surface area contributed by atoms with Crippen molar-refractivity contribution in [2.45, 2.75) is 0 Å². The molecule has 1 amide bonds. The Balaban J connectivity index is 1.78. The second kappa shape index (κ2) is 7.11. The van der Waals surface area contributed by atoms with Gasteiger partial charge in [-0.3, -0.25) is 10.1 Å². The quantitative estimate of drug-likeness (QED) is 0.767. The molecular weight excluding hydrogens is 341 g/mol. The van der Waals surface area contributed by atoms with Gasteiger partial charge < -0.3 is 4.74 Å². The molecule has 0 radical (unpaired) electrons. The fraction of sp³-hybridized carbons (Fsp3) is 0.0556. The number of aromatic nitrogens is 1. The number of carbonyl (C=O) groups excluding carboxylic acids is 1. The zero-order valence-corrected chi connectivity index (χ0v) is 13.9. The first kappa shape index (κ1) is 16.6. The molecule has 0 saturated heterocycles. The van der Waals surface area contributed by atoms with Crippen LogP contribution < -0.4 is 10.1 Å². The molecule has 0 aliphatic carbocycles. The summed E-state index contributed by atoms with van der Waals surface area (Å²) in [6.45, 7) is 0. The number of nitrogens with zero attached hydrogens (tertiary/aromatic N) is 2. The van der Waals surface area contributed by atoms with E-state index < -0.39 is 5.82 Å². The first-order valence-corrected chi connectivity index (χ1v) is 8.09. The average molecular weight is 353 g/mol. The number of ether oxygens (including phenoxy) is 1. The molecule has 0 atom stereocenters. The van der Waals surface area contributed by atoms with Gasteiger partial charge in [-0.15, -0.1) is 11.3 Å². The lowest BCUT2D eigenvalue weighted by Crippen LogP contribution is -2.11. The lowest BCUT2D eigenvalue weighted by Gasteiger charge is -2.03. The number of halogens is 1. The number of thiazole rings is 1. The Bertz CT molecular complexity index is 978. The molecular formula is C18H12FN3O2S. The molecule has 0 bridgehead atoms. The zero-order chi connectivity index (χ0) is 17.8. The molecule has 25 heavy (non-hydrogen) atoms. The van der Waals surface area contributed by atoms with Crippen molar-refractivity contribution >= 4 is 22.4 Å². The number of nitrogens with one attached hydrogen (secondary N) is 1. The van der Waals surface area contributed by atoms with Crippen LogP contribution in [0, 0.1) is 17.1 Å². The summed E-state index contributed by atoms with van der Waals surface area (Å²) in [5.74, 6) is -0.685. The van der Waals surface area contributed by atoms with E-state index in [2.05, 4.69) is 10.3 Å². The van der Waals surface area contributed by atoms with E-state index in [1.807, 2.05) is 6.07 Å². The van der Waals surface area contributed by atoms with Gasteiger partial charge in [0.15, 0.2) is 16.7 Å². The van der Waals surface area contributed by atoms with Crippen LogP contribution in [-0.4, -0.2) is 18.0 Å². The minimum Gasteiger partial charge on any atom is -0.494 e. The number of nitriles is 1. The molecule has 0 spiro atoms. The molecule has 0 aliphatic heterocycles. The third-order valence-electron chi connectivity index (χ3n) is 3.43. The Morgan fingerprint density at radius 2 is 2.16 bits per heavy atom. The maximum absolute atomic E-state index is 13.8. The van der Waals surface area contributed by atoms with Gasteiger partial charge >= 0.3 is 0 Å². The summed E-state index contributed by atoms with van der Waals surface area (Å²) >= 11 is 1.23. The molecule has 3 aromatic rings. The van der Waals surface area contributed by atoms with Crippen LogP contribution in [0.2, 0.25) is 0 Å². The molecule has 1 heterocycles. The van der Waals surface area contributed by atoms with E-state index in [4.69, 9.17) is 10.00 Å². The average Bonchev–Trinajstić information content (AvgIpc) is 3.10. The summed E-state index contributed by atoms with van der Waals surface area (Å²) in [7, 11) is 1.40. The van der Waals surface area contributed by atoms with Crippen molar-refractivity contribution in [2.75, 3.05) is 12.4 Å². The SMILES string of the molecule is COc1ccc(-c2csc(NC(=O)c3cccc(C#N)c3)n2)cc1F. The monoisotopic (exact) mass is 353 g/mol. The first-order valence-electron chi connectivity index (χ1n) is 7.21. The van der Waals surface area contributed by atoms with E-state index in [0.717, 1.165) is 0 Å². The standard InChI is InChI=1S/C18H12FN3O2S/c1-24-16-6-5-12(8-14(16)19)15-10-25-18(21-15)22-17(23)13-4-2-3-11(7-13)9-20/h2-8,10H,1H3,(H,21,22,23). The van der Waals surface area contributed by atoms with Gasteiger partial charge in [0.1, 0.15) is 0 Å². The Morgan fingerprint density at radius 3 is 2.88 bits per heavy atom. The molecule has 0 saturated carbocycles. The molecule has 124 valence electrons. The van der Waals surface area contributed by atoms with E-state index in [9.17, 15) is 9.18 Å². The highest BCUT2D eigenvalue weighted by molar-refractivity contribution is 7.14. The predicted molar refractivity (Wildman–Crippen MR) is 93.2 cm³/mol. The number of hydrogen-bond donors (Lipinski definition) is 1. The fourth-order valence-corrected chi connectivity index (χ4v) is 2.90. The van der Waals surface area contributed by atoms with Crippen molar-refractivity contribution in [3.05, 3.63) is 64.8 Å². The second-order valence-corrected chi connectivity index (χ2v) is 5.89. The molecule has 1 aromatic heterocycles. The van der Waals surface area contributed by atoms with Crippen molar-refractivity contribution in [1.82, 2.24) is 4.98 Å². The summed E-state index contributed by atoms with van der Waals surface area (Å²) in [5.41, 5.74) is 1.90. The Kier molecular flexibility index (Phi) is 4.73. The highest BCUT2D eigenvalue weighted by Gasteiger charge is 2.12. The van der Waals surface area contributed by atoms with Gasteiger partial charge in [-0.05, 0) is 36.4 Å². The topological polar surface area (TPSA) is 75.0 Å². The van der Waals surface area contributed by atoms with Crippen LogP contribution in [0.5, 0.6) is 5.75 Å². The summed E-state index contributed by atoms with van der Waals surface area (Å²) in [6, 6.07) is 12.9. The number of anilines is 1. The van der Waals surface area contributed by atoms with Gasteiger partial charge in [-0.25, -0.2) is 9.37 Å². The van der Waals surface area contributed by atoms with E-state index in [-0.39, 0.29) is 11.7 Å². The maximum atomic E-state index is 13.8. The molecule has 3 rings (SSSR count). The van der Waals surface area contributed by atoms with Crippen LogP contribution in [0.15, 0.2) is 47.8 Å². The number of hydrogen-bond acceptors (Lipinski definition) is 5. The van der Waals surface area contributed by atoms with Crippen LogP contribution in [0.25, 0.3) is 11.3 Å². The van der Waals surface area contributed by atoms with Gasteiger partial charge in [0.05, 0.1) is 24.4 Å². The molecule has 0 aliphatic rings. The smallest absolute Gasteiger partial charge is 0.257 e. The van der Waals surface area contributed by atoms with Crippen LogP contribution in [-0.2, 0) is 0 Å². The maximum Gasteiger partial charge on any atom is 0.257 e. The largest absolute Gasteiger partial charge is 0.494 e. The lowest BCUT2D eigenvalue weighted by molar-refractivity contribution is 0.102. The van der Waals surface area contributed by atoms with Crippen LogP contribution in [0.3, 0.4) is 0 Å². The summed E-state index contributed by atoms with van der Waals surface area (Å²) in [4.78, 5) is 16.5. The summed E-state index contributed by atoms with van der Waals surface area (Å²) < 4.78 is 18.7. The number of carbonyl (C=O) groups is 1. The predicted octanol–water partition coefficient (Wildman–Crippen LogP) is 4.08. The number of methoxy groups -OCH3 is 1. The first-order chi connectivity index (χ1) is 12.1. The minimum absolute atomic E-state index is 0.157. The van der Waals surface area contributed by atoms with Gasteiger partial charge in [0, 0.05) is 16.5 Å². The van der Waals surface area contributed by atoms with E-state index in [1.54, 1.807) is 29.6 Å². The van der Waals surface area contributed by atoms with Gasteiger partial charge in [-0.1, -0.05) is 6.07 Å². The molecule has 0 unspecified atom stereocenters. The van der Waals surface area contributed by atoms with Crippen molar-refractivity contribution in [2.24, 2.45) is 0 Å². The highest BCUT2D eigenvalue weighted by atomic mass is 32.1. The third-order valence-corrected chi connectivity index (χ3v) is 4.18. The fourth-order valence-electron chi connectivity index (χ4n) is 2.19. The number of amides is 1. The Hall–Kier alpha value is -3.24. The normalized spacial score (nSPS) is 10.1. The van der Waals surface area contributed by atoms with Gasteiger partial charge in [-0.2, -0.15) is 5.26 Å². The molecule has 2 aromatic carbocycles. The number of benzene rings is 2. The van der Waals surface area contributed by atoms with E-state index in [0.29, 0.717) is 27.5 Å². The van der Waals surface area contributed by atoms with Crippen LogP contribution in [0.1, 0.15) is 15.9 Å². The Labute approximate surface area is 147 Å². The molecule has 1 N–H and O–H groups in total. The lowest BCUT2D eigenvalue weighted by atomic mass is 10.1. The summed E-state index contributed by atoms with van der Waals surface area (Å²) in [5, 5.41) is 13.7. The van der Waals surface area contributed by atoms with Crippen molar-refractivity contribution in [3.8, 4) is 23.1 Å². The van der Waals surface area contributed by atoms with Crippen molar-refractivity contribution in [3.63, 3.8) is 0 Å². The van der Waals surface area contributed by atoms with Gasteiger partial charge in [0.2, 0.25) is 0 Å².